The molecule has 0 unspecified atom stereocenters. The zero-order valence-electron chi connectivity index (χ0n) is 19.7. The van der Waals surface area contributed by atoms with Crippen molar-refractivity contribution in [3.63, 3.8) is 0 Å². The lowest BCUT2D eigenvalue weighted by Crippen LogP contribution is -2.55. The van der Waals surface area contributed by atoms with Gasteiger partial charge in [-0.1, -0.05) is 0 Å². The third-order valence-corrected chi connectivity index (χ3v) is 4.79. The van der Waals surface area contributed by atoms with Crippen LogP contribution in [0.25, 0.3) is 0 Å². The van der Waals surface area contributed by atoms with Crippen LogP contribution in [0.4, 0.5) is 9.59 Å². The lowest BCUT2D eigenvalue weighted by molar-refractivity contribution is 0.0810. The number of carbonyl (C=O) groups is 2. The van der Waals surface area contributed by atoms with Crippen molar-refractivity contribution in [1.82, 2.24) is 23.5 Å². The summed E-state index contributed by atoms with van der Waals surface area (Å²) < 4.78 is 11.8. The van der Waals surface area contributed by atoms with Crippen molar-refractivity contribution in [1.29, 1.82) is 0 Å². The molecule has 0 aliphatic rings. The topological polar surface area (TPSA) is 226 Å². The zero-order valence-corrected chi connectivity index (χ0v) is 19.7. The monoisotopic (exact) mass is 523 g/mol. The molecule has 0 spiro atoms. The third kappa shape index (κ3) is 8.76. The highest BCUT2D eigenvalue weighted by atomic mass is 16.6. The van der Waals surface area contributed by atoms with Crippen molar-refractivity contribution in [2.24, 2.45) is 0 Å². The Bertz CT molecular complexity index is 920. The first-order valence-corrected chi connectivity index (χ1v) is 11.1. The minimum atomic E-state index is -1.07. The van der Waals surface area contributed by atoms with Crippen molar-refractivity contribution >= 4 is 12.2 Å². The summed E-state index contributed by atoms with van der Waals surface area (Å²) in [4.78, 5) is 64.2. The van der Waals surface area contributed by atoms with Crippen LogP contribution in [0.1, 0.15) is 0 Å². The zero-order chi connectivity index (χ0) is 27.1. The second kappa shape index (κ2) is 16.4. The highest BCUT2D eigenvalue weighted by Crippen LogP contribution is 1.95. The van der Waals surface area contributed by atoms with Gasteiger partial charge in [0.2, 0.25) is 0 Å². The van der Waals surface area contributed by atoms with Crippen LogP contribution >= 0.6 is 0 Å². The van der Waals surface area contributed by atoms with E-state index in [2.05, 4.69) is 0 Å². The Kier molecular flexibility index (Phi) is 14.0. The Morgan fingerprint density at radius 3 is 1.14 bits per heavy atom. The van der Waals surface area contributed by atoms with E-state index in [4.69, 9.17) is 29.9 Å². The number of aliphatic hydroxyl groups excluding tert-OH is 5. The molecule has 206 valence electrons. The first-order chi connectivity index (χ1) is 17.3. The van der Waals surface area contributed by atoms with Crippen molar-refractivity contribution in [3.8, 4) is 0 Å². The van der Waals surface area contributed by atoms with E-state index in [1.807, 2.05) is 0 Å². The number of ether oxygens (including phenoxy) is 2. The van der Waals surface area contributed by atoms with Crippen LogP contribution in [0.2, 0.25) is 0 Å². The predicted molar refractivity (Wildman–Crippen MR) is 120 cm³/mol. The fourth-order valence-electron chi connectivity index (χ4n) is 3.06. The Balaban J connectivity index is 3.05. The van der Waals surface area contributed by atoms with Gasteiger partial charge < -0.3 is 44.8 Å². The molecular formula is C19H33N5O12. The molecule has 5 N–H and O–H groups in total. The van der Waals surface area contributed by atoms with Gasteiger partial charge in [0, 0.05) is 26.2 Å². The van der Waals surface area contributed by atoms with Gasteiger partial charge in [0.15, 0.2) is 0 Å². The van der Waals surface area contributed by atoms with Gasteiger partial charge in [-0.3, -0.25) is 0 Å². The molecule has 1 rings (SSSR count). The van der Waals surface area contributed by atoms with Gasteiger partial charge in [-0.2, -0.15) is 0 Å². The Morgan fingerprint density at radius 2 is 0.861 bits per heavy atom. The average molecular weight is 523 g/mol. The molecule has 17 heteroatoms. The molecule has 2 amide bonds. The summed E-state index contributed by atoms with van der Waals surface area (Å²) in [6.07, 6.45) is -1.81. The molecule has 0 radical (unpaired) electrons. The predicted octanol–water partition coefficient (Wildman–Crippen LogP) is -4.99. The van der Waals surface area contributed by atoms with Gasteiger partial charge in [0.05, 0.1) is 52.7 Å². The molecule has 0 aliphatic carbocycles. The van der Waals surface area contributed by atoms with Crippen LogP contribution in [0.5, 0.6) is 0 Å². The minimum Gasteiger partial charge on any atom is -0.448 e. The van der Waals surface area contributed by atoms with E-state index in [0.717, 1.165) is 9.80 Å². The Hall–Kier alpha value is -3.25. The molecule has 1 heterocycles. The molecule has 0 atom stereocenters. The first kappa shape index (κ1) is 30.8. The number of amides is 2. The van der Waals surface area contributed by atoms with Gasteiger partial charge in [-0.05, 0) is 0 Å². The van der Waals surface area contributed by atoms with E-state index in [1.54, 1.807) is 0 Å². The SMILES string of the molecule is O=C(OCCn1c(=O)n(CCO)c(=O)n(CCOC(=O)N(CCO)CCO)c1=O)N(CCO)CCO. The minimum absolute atomic E-state index is 0.111. The van der Waals surface area contributed by atoms with Gasteiger partial charge in [0.1, 0.15) is 13.2 Å². The van der Waals surface area contributed by atoms with E-state index in [0.29, 0.717) is 13.7 Å². The molecule has 1 aromatic rings. The second-order valence-corrected chi connectivity index (χ2v) is 7.12. The number of aliphatic hydroxyl groups is 5. The molecule has 0 bridgehead atoms. The number of hydrogen-bond acceptors (Lipinski definition) is 12. The van der Waals surface area contributed by atoms with Crippen molar-refractivity contribution in [2.45, 2.75) is 19.6 Å². The standard InChI is InChI=1S/C19H33N5O12/c25-8-1-20(2-9-26)18(33)35-13-6-23-15(30)22(5-12-29)16(31)24(17(23)32)7-14-36-19(34)21(3-10-27)4-11-28/h25-29H,1-14H2. The van der Waals surface area contributed by atoms with Crippen LogP contribution in [0, 0.1) is 0 Å². The normalized spacial score (nSPS) is 10.8. The summed E-state index contributed by atoms with van der Waals surface area (Å²) in [5.41, 5.74) is -3.18. The maximum atomic E-state index is 12.8. The fourth-order valence-corrected chi connectivity index (χ4v) is 3.06. The Labute approximate surface area is 204 Å². The van der Waals surface area contributed by atoms with Crippen molar-refractivity contribution < 1.29 is 44.6 Å². The van der Waals surface area contributed by atoms with E-state index < -0.39 is 68.7 Å². The van der Waals surface area contributed by atoms with Crippen LogP contribution < -0.4 is 17.1 Å². The van der Waals surface area contributed by atoms with Crippen LogP contribution in [0.3, 0.4) is 0 Å². The summed E-state index contributed by atoms with van der Waals surface area (Å²) >= 11 is 0. The Morgan fingerprint density at radius 1 is 0.556 bits per heavy atom. The summed E-state index contributed by atoms with van der Waals surface area (Å²) in [5.74, 6) is 0. The average Bonchev–Trinajstić information content (AvgIpc) is 2.85. The maximum Gasteiger partial charge on any atom is 0.409 e. The number of aromatic nitrogens is 3. The number of carbonyl (C=O) groups excluding carboxylic acids is 2. The van der Waals surface area contributed by atoms with Gasteiger partial charge in [-0.15, -0.1) is 0 Å². The van der Waals surface area contributed by atoms with E-state index in [9.17, 15) is 29.1 Å². The van der Waals surface area contributed by atoms with Gasteiger partial charge in [0.25, 0.3) is 0 Å². The second-order valence-electron chi connectivity index (χ2n) is 7.12. The van der Waals surface area contributed by atoms with Gasteiger partial charge >= 0.3 is 29.3 Å². The summed E-state index contributed by atoms with van der Waals surface area (Å²) in [6, 6.07) is 0. The van der Waals surface area contributed by atoms with Crippen LogP contribution in [0.15, 0.2) is 14.4 Å². The van der Waals surface area contributed by atoms with Crippen LogP contribution in [-0.2, 0) is 29.1 Å². The largest absolute Gasteiger partial charge is 0.448 e. The highest BCUT2D eigenvalue weighted by molar-refractivity contribution is 5.67. The van der Waals surface area contributed by atoms with Gasteiger partial charge in [-0.25, -0.2) is 37.7 Å². The van der Waals surface area contributed by atoms with E-state index in [-0.39, 0.29) is 52.6 Å². The molecular weight excluding hydrogens is 490 g/mol. The highest BCUT2D eigenvalue weighted by Gasteiger charge is 2.19. The third-order valence-electron chi connectivity index (χ3n) is 4.79. The molecule has 0 saturated carbocycles. The quantitative estimate of drug-likeness (QED) is 0.137. The molecule has 0 saturated heterocycles. The van der Waals surface area contributed by atoms with Crippen molar-refractivity contribution in [3.05, 3.63) is 31.5 Å². The summed E-state index contributed by atoms with van der Waals surface area (Å²) in [5, 5.41) is 45.2. The molecule has 17 nitrogen and oxygen atoms in total. The number of hydrogen-bond donors (Lipinski definition) is 5. The van der Waals surface area contributed by atoms with E-state index >= 15 is 0 Å². The molecule has 0 fully saturated rings. The smallest absolute Gasteiger partial charge is 0.409 e. The molecule has 0 aromatic carbocycles. The molecule has 1 aromatic heterocycles. The van der Waals surface area contributed by atoms with Crippen LogP contribution in [-0.4, -0.2) is 134 Å². The fraction of sp³-hybridized carbons (Fsp3) is 0.737. The lowest BCUT2D eigenvalue weighted by atomic mass is 10.5. The summed E-state index contributed by atoms with van der Waals surface area (Å²) in [6.45, 7) is -4.84. The van der Waals surface area contributed by atoms with E-state index in [1.165, 1.54) is 0 Å². The first-order valence-electron chi connectivity index (χ1n) is 11.1. The lowest BCUT2D eigenvalue weighted by Gasteiger charge is -2.20. The molecule has 36 heavy (non-hydrogen) atoms. The maximum absolute atomic E-state index is 12.8. The number of rotatable bonds is 16. The van der Waals surface area contributed by atoms with Crippen molar-refractivity contribution in [2.75, 3.05) is 72.4 Å². The molecule has 0 aliphatic heterocycles. The number of nitrogens with zero attached hydrogens (tertiary/aromatic N) is 5. The summed E-state index contributed by atoms with van der Waals surface area (Å²) in [7, 11) is 0.